The van der Waals surface area contributed by atoms with Gasteiger partial charge in [0.1, 0.15) is 0 Å². The molecule has 0 radical (unpaired) electrons. The molecule has 3 nitrogen and oxygen atoms in total. The van der Waals surface area contributed by atoms with Crippen LogP contribution in [0.25, 0.3) is 0 Å². The molecule has 110 valence electrons. The van der Waals surface area contributed by atoms with Crippen molar-refractivity contribution in [2.75, 3.05) is 13.1 Å². The van der Waals surface area contributed by atoms with Gasteiger partial charge in [-0.05, 0) is 30.6 Å². The van der Waals surface area contributed by atoms with E-state index in [9.17, 15) is 4.79 Å². The smallest absolute Gasteiger partial charge is 0.239 e. The van der Waals surface area contributed by atoms with Gasteiger partial charge in [-0.2, -0.15) is 0 Å². The normalized spacial score (nSPS) is 27.7. The zero-order valence-electron chi connectivity index (χ0n) is 13.3. The summed E-state index contributed by atoms with van der Waals surface area (Å²) in [5.74, 6) is 0.292. The van der Waals surface area contributed by atoms with Gasteiger partial charge in [-0.3, -0.25) is 4.79 Å². The minimum Gasteiger partial charge on any atom is -0.341 e. The standard InChI is InChI=1S/C16H30N2O/c1-12(17-14-15(2,3)16(14,4)5)13(19)18-10-8-6-7-9-11-18/h12,14,17H,6-11H2,1-5H3. The van der Waals surface area contributed by atoms with Gasteiger partial charge in [-0.1, -0.05) is 40.5 Å². The number of hydrogen-bond acceptors (Lipinski definition) is 2. The van der Waals surface area contributed by atoms with Gasteiger partial charge in [0.05, 0.1) is 6.04 Å². The number of hydrogen-bond donors (Lipinski definition) is 1. The molecule has 19 heavy (non-hydrogen) atoms. The van der Waals surface area contributed by atoms with Gasteiger partial charge in [-0.25, -0.2) is 0 Å². The van der Waals surface area contributed by atoms with Crippen LogP contribution in [0.5, 0.6) is 0 Å². The Bertz CT molecular complexity index is 327. The number of likely N-dealkylation sites (tertiary alicyclic amines) is 1. The van der Waals surface area contributed by atoms with Crippen molar-refractivity contribution in [3.8, 4) is 0 Å². The van der Waals surface area contributed by atoms with E-state index < -0.39 is 0 Å². The molecule has 1 aliphatic carbocycles. The average Bonchev–Trinajstić information content (AvgIpc) is 2.88. The molecular weight excluding hydrogens is 236 g/mol. The molecule has 0 bridgehead atoms. The van der Waals surface area contributed by atoms with Gasteiger partial charge in [-0.15, -0.1) is 0 Å². The quantitative estimate of drug-likeness (QED) is 0.852. The van der Waals surface area contributed by atoms with Crippen LogP contribution in [0.3, 0.4) is 0 Å². The second-order valence-corrected chi connectivity index (χ2v) is 7.50. The molecule has 2 aliphatic rings. The Morgan fingerprint density at radius 2 is 1.53 bits per heavy atom. The van der Waals surface area contributed by atoms with E-state index in [2.05, 4.69) is 37.9 Å². The van der Waals surface area contributed by atoms with Crippen molar-refractivity contribution in [1.29, 1.82) is 0 Å². The predicted molar refractivity (Wildman–Crippen MR) is 79.0 cm³/mol. The molecule has 1 saturated carbocycles. The summed E-state index contributed by atoms with van der Waals surface area (Å²) in [6.45, 7) is 13.1. The summed E-state index contributed by atoms with van der Waals surface area (Å²) in [4.78, 5) is 14.6. The van der Waals surface area contributed by atoms with Crippen LogP contribution in [-0.4, -0.2) is 36.0 Å². The fourth-order valence-electron chi connectivity index (χ4n) is 3.50. The third-order valence-corrected chi connectivity index (χ3v) is 5.73. The fraction of sp³-hybridized carbons (Fsp3) is 0.938. The highest BCUT2D eigenvalue weighted by Gasteiger charge is 2.65. The molecule has 1 saturated heterocycles. The molecule has 0 spiro atoms. The minimum absolute atomic E-state index is 0.0517. The van der Waals surface area contributed by atoms with Crippen LogP contribution >= 0.6 is 0 Å². The van der Waals surface area contributed by atoms with Crippen LogP contribution in [0.1, 0.15) is 60.3 Å². The Morgan fingerprint density at radius 1 is 1.05 bits per heavy atom. The molecular formula is C16H30N2O. The van der Waals surface area contributed by atoms with Crippen molar-refractivity contribution < 1.29 is 4.79 Å². The topological polar surface area (TPSA) is 32.3 Å². The van der Waals surface area contributed by atoms with Crippen LogP contribution in [0, 0.1) is 10.8 Å². The van der Waals surface area contributed by atoms with Crippen LogP contribution in [0.15, 0.2) is 0 Å². The Morgan fingerprint density at radius 3 is 1.95 bits per heavy atom. The molecule has 2 fully saturated rings. The van der Waals surface area contributed by atoms with Gasteiger partial charge < -0.3 is 10.2 Å². The Kier molecular flexibility index (Phi) is 3.97. The summed E-state index contributed by atoms with van der Waals surface area (Å²) < 4.78 is 0. The van der Waals surface area contributed by atoms with Crippen molar-refractivity contribution in [2.45, 2.75) is 72.4 Å². The Hall–Kier alpha value is -0.570. The maximum absolute atomic E-state index is 12.5. The average molecular weight is 266 g/mol. The first-order chi connectivity index (χ1) is 8.78. The number of nitrogens with one attached hydrogen (secondary N) is 1. The van der Waals surface area contributed by atoms with Gasteiger partial charge in [0.25, 0.3) is 0 Å². The van der Waals surface area contributed by atoms with Gasteiger partial charge in [0, 0.05) is 19.1 Å². The molecule has 0 aromatic carbocycles. The molecule has 1 N–H and O–H groups in total. The van der Waals surface area contributed by atoms with Crippen LogP contribution in [0.4, 0.5) is 0 Å². The molecule has 1 atom stereocenters. The van der Waals surface area contributed by atoms with E-state index in [0.717, 1.165) is 13.1 Å². The summed E-state index contributed by atoms with van der Waals surface area (Å²) in [5.41, 5.74) is 0.584. The summed E-state index contributed by atoms with van der Waals surface area (Å²) in [6.07, 6.45) is 4.88. The second kappa shape index (κ2) is 5.08. The monoisotopic (exact) mass is 266 g/mol. The Balaban J connectivity index is 1.89. The lowest BCUT2D eigenvalue weighted by Gasteiger charge is -2.25. The van der Waals surface area contributed by atoms with Crippen molar-refractivity contribution in [3.05, 3.63) is 0 Å². The SMILES string of the molecule is CC(NC1C(C)(C)C1(C)C)C(=O)N1CCCCCC1. The van der Waals surface area contributed by atoms with Crippen molar-refractivity contribution in [3.63, 3.8) is 0 Å². The molecule has 0 aromatic heterocycles. The largest absolute Gasteiger partial charge is 0.341 e. The molecule has 1 unspecified atom stereocenters. The maximum atomic E-state index is 12.5. The second-order valence-electron chi connectivity index (χ2n) is 7.50. The lowest BCUT2D eigenvalue weighted by Crippen LogP contribution is -2.47. The highest BCUT2D eigenvalue weighted by atomic mass is 16.2. The van der Waals surface area contributed by atoms with E-state index in [0.29, 0.717) is 22.8 Å². The van der Waals surface area contributed by atoms with Crippen molar-refractivity contribution in [1.82, 2.24) is 10.2 Å². The summed E-state index contributed by atoms with van der Waals surface area (Å²) in [5, 5.41) is 3.56. The number of amides is 1. The minimum atomic E-state index is -0.0517. The zero-order valence-corrected chi connectivity index (χ0v) is 13.3. The fourth-order valence-corrected chi connectivity index (χ4v) is 3.50. The van der Waals surface area contributed by atoms with E-state index in [-0.39, 0.29) is 6.04 Å². The lowest BCUT2D eigenvalue weighted by molar-refractivity contribution is -0.133. The molecule has 1 aliphatic heterocycles. The molecule has 3 heteroatoms. The highest BCUT2D eigenvalue weighted by Crippen LogP contribution is 2.62. The van der Waals surface area contributed by atoms with E-state index in [4.69, 9.17) is 0 Å². The van der Waals surface area contributed by atoms with Gasteiger partial charge in [0.15, 0.2) is 0 Å². The Labute approximate surface area is 118 Å². The highest BCUT2D eigenvalue weighted by molar-refractivity contribution is 5.81. The maximum Gasteiger partial charge on any atom is 0.239 e. The first-order valence-electron chi connectivity index (χ1n) is 7.83. The molecule has 1 amide bonds. The summed E-state index contributed by atoms with van der Waals surface area (Å²) in [6, 6.07) is 0.398. The molecule has 1 heterocycles. The van der Waals surface area contributed by atoms with Gasteiger partial charge in [0.2, 0.25) is 5.91 Å². The third-order valence-electron chi connectivity index (χ3n) is 5.73. The van der Waals surface area contributed by atoms with Crippen LogP contribution < -0.4 is 5.32 Å². The molecule has 0 aromatic rings. The number of nitrogens with zero attached hydrogens (tertiary/aromatic N) is 1. The summed E-state index contributed by atoms with van der Waals surface area (Å²) >= 11 is 0. The van der Waals surface area contributed by atoms with E-state index in [1.807, 2.05) is 6.92 Å². The van der Waals surface area contributed by atoms with Crippen molar-refractivity contribution >= 4 is 5.91 Å². The first-order valence-corrected chi connectivity index (χ1v) is 7.83. The third kappa shape index (κ3) is 2.67. The first kappa shape index (κ1) is 14.8. The van der Waals surface area contributed by atoms with Crippen molar-refractivity contribution in [2.24, 2.45) is 10.8 Å². The van der Waals surface area contributed by atoms with Gasteiger partial charge >= 0.3 is 0 Å². The van der Waals surface area contributed by atoms with Crippen LogP contribution in [0.2, 0.25) is 0 Å². The predicted octanol–water partition coefficient (Wildman–Crippen LogP) is 2.80. The summed E-state index contributed by atoms with van der Waals surface area (Å²) in [7, 11) is 0. The van der Waals surface area contributed by atoms with E-state index in [1.54, 1.807) is 0 Å². The van der Waals surface area contributed by atoms with E-state index in [1.165, 1.54) is 25.7 Å². The van der Waals surface area contributed by atoms with Crippen LogP contribution in [-0.2, 0) is 4.79 Å². The number of carbonyl (C=O) groups excluding carboxylic acids is 1. The molecule has 2 rings (SSSR count). The lowest BCUT2D eigenvalue weighted by atomic mass is 10.0. The number of carbonyl (C=O) groups is 1. The zero-order chi connectivity index (χ0) is 14.3. The van der Waals surface area contributed by atoms with E-state index >= 15 is 0 Å². The number of rotatable bonds is 3.